The van der Waals surface area contributed by atoms with E-state index in [0.717, 1.165) is 0 Å². The first-order valence-electron chi connectivity index (χ1n) is 5.56. The molecule has 0 spiro atoms. The molecule has 0 fully saturated rings. The van der Waals surface area contributed by atoms with Gasteiger partial charge in [0.25, 0.3) is 0 Å². The van der Waals surface area contributed by atoms with Gasteiger partial charge in [-0.2, -0.15) is 0 Å². The highest BCUT2D eigenvalue weighted by Gasteiger charge is 2.22. The standard InChI is InChI=1S/C12H20N2OS/c1-5-10(13)12(15)14(4)9(3)11-7-6-8(2)16-11/h6-7,9-10H,5,13H2,1-4H3/t9?,10-/m0/s1. The Morgan fingerprint density at radius 3 is 2.62 bits per heavy atom. The van der Waals surface area contributed by atoms with E-state index in [1.54, 1.807) is 16.2 Å². The Bertz CT molecular complexity index is 362. The van der Waals surface area contributed by atoms with Crippen molar-refractivity contribution in [3.63, 3.8) is 0 Å². The summed E-state index contributed by atoms with van der Waals surface area (Å²) in [7, 11) is 1.82. The maximum atomic E-state index is 11.9. The average Bonchev–Trinajstić information content (AvgIpc) is 2.71. The highest BCUT2D eigenvalue weighted by atomic mass is 32.1. The zero-order valence-corrected chi connectivity index (χ0v) is 11.2. The number of amides is 1. The van der Waals surface area contributed by atoms with E-state index in [2.05, 4.69) is 19.1 Å². The summed E-state index contributed by atoms with van der Waals surface area (Å²) in [4.78, 5) is 16.1. The van der Waals surface area contributed by atoms with Crippen LogP contribution in [-0.4, -0.2) is 23.9 Å². The number of likely N-dealkylation sites (N-methyl/N-ethyl adjacent to an activating group) is 1. The number of nitrogens with two attached hydrogens (primary N) is 1. The van der Waals surface area contributed by atoms with Crippen molar-refractivity contribution >= 4 is 17.2 Å². The summed E-state index contributed by atoms with van der Waals surface area (Å²) in [6.45, 7) is 6.03. The molecule has 0 bridgehead atoms. The van der Waals surface area contributed by atoms with Crippen molar-refractivity contribution in [2.45, 2.75) is 39.3 Å². The largest absolute Gasteiger partial charge is 0.337 e. The zero-order valence-electron chi connectivity index (χ0n) is 10.4. The minimum atomic E-state index is -0.381. The van der Waals surface area contributed by atoms with Gasteiger partial charge in [-0.3, -0.25) is 4.79 Å². The lowest BCUT2D eigenvalue weighted by Gasteiger charge is -2.26. The summed E-state index contributed by atoms with van der Waals surface area (Å²) in [6.07, 6.45) is 0.680. The van der Waals surface area contributed by atoms with Crippen LogP contribution >= 0.6 is 11.3 Å². The van der Waals surface area contributed by atoms with Crippen molar-refractivity contribution in [1.82, 2.24) is 4.90 Å². The molecule has 0 aliphatic rings. The summed E-state index contributed by atoms with van der Waals surface area (Å²) in [5, 5.41) is 0. The molecule has 0 aliphatic heterocycles. The number of carbonyl (C=O) groups excluding carboxylic acids is 1. The first-order chi connectivity index (χ1) is 7.47. The third-order valence-electron chi connectivity index (χ3n) is 2.86. The van der Waals surface area contributed by atoms with Gasteiger partial charge in [0.15, 0.2) is 0 Å². The van der Waals surface area contributed by atoms with Crippen molar-refractivity contribution in [2.75, 3.05) is 7.05 Å². The van der Waals surface area contributed by atoms with E-state index in [-0.39, 0.29) is 18.0 Å². The Morgan fingerprint density at radius 2 is 2.19 bits per heavy atom. The van der Waals surface area contributed by atoms with Crippen LogP contribution in [0.25, 0.3) is 0 Å². The first-order valence-corrected chi connectivity index (χ1v) is 6.37. The van der Waals surface area contributed by atoms with Crippen molar-refractivity contribution in [3.8, 4) is 0 Å². The fourth-order valence-electron chi connectivity index (χ4n) is 1.50. The molecule has 0 aliphatic carbocycles. The fraction of sp³-hybridized carbons (Fsp3) is 0.583. The summed E-state index contributed by atoms with van der Waals surface area (Å²) in [5.41, 5.74) is 5.75. The summed E-state index contributed by atoms with van der Waals surface area (Å²) >= 11 is 1.73. The lowest BCUT2D eigenvalue weighted by Crippen LogP contribution is -2.42. The van der Waals surface area contributed by atoms with Crippen LogP contribution in [0.3, 0.4) is 0 Å². The van der Waals surface area contributed by atoms with Gasteiger partial charge >= 0.3 is 0 Å². The highest BCUT2D eigenvalue weighted by molar-refractivity contribution is 7.12. The van der Waals surface area contributed by atoms with E-state index in [1.807, 2.05) is 20.9 Å². The quantitative estimate of drug-likeness (QED) is 0.878. The number of nitrogens with zero attached hydrogens (tertiary/aromatic N) is 1. The van der Waals surface area contributed by atoms with Crippen molar-refractivity contribution in [2.24, 2.45) is 5.73 Å². The third kappa shape index (κ3) is 2.83. The summed E-state index contributed by atoms with van der Waals surface area (Å²) < 4.78 is 0. The molecular formula is C12H20N2OS. The molecule has 1 amide bonds. The number of rotatable bonds is 4. The second-order valence-corrected chi connectivity index (χ2v) is 5.41. The van der Waals surface area contributed by atoms with E-state index >= 15 is 0 Å². The lowest BCUT2D eigenvalue weighted by atomic mass is 10.1. The Hall–Kier alpha value is -0.870. The normalized spacial score (nSPS) is 14.6. The molecule has 2 N–H and O–H groups in total. The van der Waals surface area contributed by atoms with E-state index < -0.39 is 0 Å². The van der Waals surface area contributed by atoms with Crippen LogP contribution in [0.4, 0.5) is 0 Å². The van der Waals surface area contributed by atoms with Gasteiger partial charge < -0.3 is 10.6 Å². The summed E-state index contributed by atoms with van der Waals surface area (Å²) in [6, 6.07) is 3.87. The molecule has 1 aromatic heterocycles. The molecule has 0 radical (unpaired) electrons. The number of hydrogen-bond donors (Lipinski definition) is 1. The Balaban J connectivity index is 2.74. The molecular weight excluding hydrogens is 220 g/mol. The van der Waals surface area contributed by atoms with Gasteiger partial charge in [0, 0.05) is 16.8 Å². The van der Waals surface area contributed by atoms with Gasteiger partial charge in [-0.15, -0.1) is 11.3 Å². The molecule has 0 saturated carbocycles. The van der Waals surface area contributed by atoms with E-state index in [1.165, 1.54) is 9.75 Å². The van der Waals surface area contributed by atoms with Gasteiger partial charge in [-0.25, -0.2) is 0 Å². The number of thiophene rings is 1. The predicted molar refractivity (Wildman–Crippen MR) is 68.5 cm³/mol. The second kappa shape index (κ2) is 5.46. The van der Waals surface area contributed by atoms with Crippen LogP contribution < -0.4 is 5.73 Å². The molecule has 16 heavy (non-hydrogen) atoms. The SMILES string of the molecule is CC[C@H](N)C(=O)N(C)C(C)c1ccc(C)s1. The lowest BCUT2D eigenvalue weighted by molar-refractivity contribution is -0.133. The van der Waals surface area contributed by atoms with E-state index in [9.17, 15) is 4.79 Å². The Labute approximate surface area is 101 Å². The second-order valence-electron chi connectivity index (χ2n) is 4.09. The van der Waals surface area contributed by atoms with Crippen molar-refractivity contribution in [3.05, 3.63) is 21.9 Å². The molecule has 4 heteroatoms. The van der Waals surface area contributed by atoms with Crippen LogP contribution in [0.1, 0.15) is 36.1 Å². The molecule has 0 aromatic carbocycles. The minimum Gasteiger partial charge on any atom is -0.337 e. The van der Waals surface area contributed by atoms with Gasteiger partial charge in [-0.05, 0) is 32.4 Å². The molecule has 2 atom stereocenters. The smallest absolute Gasteiger partial charge is 0.239 e. The Kier molecular flexibility index (Phi) is 4.50. The minimum absolute atomic E-state index is 0.0149. The monoisotopic (exact) mass is 240 g/mol. The topological polar surface area (TPSA) is 46.3 Å². The van der Waals surface area contributed by atoms with Crippen molar-refractivity contribution in [1.29, 1.82) is 0 Å². The van der Waals surface area contributed by atoms with Gasteiger partial charge in [0.05, 0.1) is 12.1 Å². The van der Waals surface area contributed by atoms with E-state index in [0.29, 0.717) is 6.42 Å². The number of carbonyl (C=O) groups is 1. The fourth-order valence-corrected chi connectivity index (χ4v) is 2.47. The molecule has 3 nitrogen and oxygen atoms in total. The predicted octanol–water partition coefficient (Wildman–Crippen LogP) is 2.31. The molecule has 90 valence electrons. The molecule has 1 unspecified atom stereocenters. The maximum absolute atomic E-state index is 11.9. The number of hydrogen-bond acceptors (Lipinski definition) is 3. The number of aryl methyl sites for hydroxylation is 1. The Morgan fingerprint density at radius 1 is 1.56 bits per heavy atom. The molecule has 1 rings (SSSR count). The highest BCUT2D eigenvalue weighted by Crippen LogP contribution is 2.26. The van der Waals surface area contributed by atoms with Crippen LogP contribution in [-0.2, 0) is 4.79 Å². The molecule has 0 saturated heterocycles. The first kappa shape index (κ1) is 13.2. The molecule has 1 heterocycles. The van der Waals surface area contributed by atoms with Gasteiger partial charge in [0.2, 0.25) is 5.91 Å². The van der Waals surface area contributed by atoms with Gasteiger partial charge in [0.1, 0.15) is 0 Å². The van der Waals surface area contributed by atoms with Crippen LogP contribution in [0.2, 0.25) is 0 Å². The van der Waals surface area contributed by atoms with Crippen LogP contribution in [0, 0.1) is 6.92 Å². The maximum Gasteiger partial charge on any atom is 0.239 e. The van der Waals surface area contributed by atoms with Crippen LogP contribution in [0.15, 0.2) is 12.1 Å². The molecule has 1 aromatic rings. The van der Waals surface area contributed by atoms with E-state index in [4.69, 9.17) is 5.73 Å². The summed E-state index contributed by atoms with van der Waals surface area (Å²) in [5.74, 6) is 0.0149. The third-order valence-corrected chi connectivity index (χ3v) is 4.03. The van der Waals surface area contributed by atoms with Crippen molar-refractivity contribution < 1.29 is 4.79 Å². The van der Waals surface area contributed by atoms with Gasteiger partial charge in [-0.1, -0.05) is 6.92 Å². The average molecular weight is 240 g/mol. The van der Waals surface area contributed by atoms with Crippen LogP contribution in [0.5, 0.6) is 0 Å². The zero-order chi connectivity index (χ0) is 12.3.